The molecule has 3 heterocycles. The van der Waals surface area contributed by atoms with Gasteiger partial charge in [0.25, 0.3) is 0 Å². The third-order valence-corrected chi connectivity index (χ3v) is 4.73. The second-order valence-electron chi connectivity index (χ2n) is 6.59. The van der Waals surface area contributed by atoms with Crippen molar-refractivity contribution in [1.82, 2.24) is 24.8 Å². The molecule has 0 spiro atoms. The molecule has 1 atom stereocenters. The summed E-state index contributed by atoms with van der Waals surface area (Å²) in [6, 6.07) is 7.22. The number of esters is 1. The molecule has 0 amide bonds. The topological polar surface area (TPSA) is 123 Å². The molecule has 1 aliphatic heterocycles. The lowest BCUT2D eigenvalue weighted by molar-refractivity contribution is 0.0522. The molecule has 0 aliphatic carbocycles. The minimum Gasteiger partial charge on any atom is -0.495 e. The number of H-pyrrole nitrogens is 1. The van der Waals surface area contributed by atoms with E-state index < -0.39 is 11.7 Å². The molecule has 1 saturated heterocycles. The Morgan fingerprint density at radius 3 is 2.90 bits per heavy atom. The average molecular weight is 398 g/mol. The Balaban J connectivity index is 1.92. The number of para-hydroxylation sites is 2. The van der Waals surface area contributed by atoms with Gasteiger partial charge in [0.15, 0.2) is 11.3 Å². The number of aromatic amines is 1. The van der Waals surface area contributed by atoms with Crippen LogP contribution in [0.3, 0.4) is 0 Å². The molecular weight excluding hydrogens is 376 g/mol. The van der Waals surface area contributed by atoms with Gasteiger partial charge in [-0.3, -0.25) is 0 Å². The number of rotatable bonds is 6. The third kappa shape index (κ3) is 3.54. The summed E-state index contributed by atoms with van der Waals surface area (Å²) < 4.78 is 11.9. The van der Waals surface area contributed by atoms with Crippen molar-refractivity contribution >= 4 is 23.1 Å². The summed E-state index contributed by atoms with van der Waals surface area (Å²) in [5.74, 6) is 0.138. The molecule has 3 N–H and O–H groups in total. The summed E-state index contributed by atoms with van der Waals surface area (Å²) in [5, 5.41) is 6.49. The molecule has 4 rings (SSSR count). The maximum Gasteiger partial charge on any atom is 0.359 e. The van der Waals surface area contributed by atoms with Crippen LogP contribution in [0.5, 0.6) is 5.75 Å². The van der Waals surface area contributed by atoms with Crippen LogP contribution in [-0.4, -0.2) is 58.3 Å². The zero-order valence-corrected chi connectivity index (χ0v) is 16.2. The first-order valence-electron chi connectivity index (χ1n) is 9.43. The number of carbonyl (C=O) groups is 1. The molecule has 1 aromatic carbocycles. The zero-order chi connectivity index (χ0) is 20.4. The van der Waals surface area contributed by atoms with Gasteiger partial charge in [-0.05, 0) is 32.0 Å². The number of fused-ring (bicyclic) bond motifs is 1. The normalized spacial score (nSPS) is 16.1. The number of carbonyl (C=O) groups excluding carboxylic acids is 1. The summed E-state index contributed by atoms with van der Waals surface area (Å²) in [4.78, 5) is 36.9. The minimum absolute atomic E-state index is 0.0102. The first-order chi connectivity index (χ1) is 14.1. The molecule has 152 valence electrons. The number of hydrogen-bond acceptors (Lipinski definition) is 8. The van der Waals surface area contributed by atoms with E-state index in [4.69, 9.17) is 9.47 Å². The van der Waals surface area contributed by atoms with Gasteiger partial charge in [0.05, 0.1) is 19.4 Å². The largest absolute Gasteiger partial charge is 0.495 e. The highest BCUT2D eigenvalue weighted by Crippen LogP contribution is 2.25. The number of nitrogens with one attached hydrogen (secondary N) is 3. The van der Waals surface area contributed by atoms with Crippen molar-refractivity contribution in [3.05, 3.63) is 40.4 Å². The van der Waals surface area contributed by atoms with Crippen LogP contribution in [0.4, 0.5) is 5.95 Å². The lowest BCUT2D eigenvalue weighted by Gasteiger charge is -2.13. The van der Waals surface area contributed by atoms with E-state index in [-0.39, 0.29) is 35.5 Å². The van der Waals surface area contributed by atoms with Crippen LogP contribution < -0.4 is 21.1 Å². The van der Waals surface area contributed by atoms with Crippen molar-refractivity contribution in [3.63, 3.8) is 0 Å². The quantitative estimate of drug-likeness (QED) is 0.527. The second-order valence-corrected chi connectivity index (χ2v) is 6.59. The zero-order valence-electron chi connectivity index (χ0n) is 16.2. The fourth-order valence-corrected chi connectivity index (χ4v) is 3.39. The maximum atomic E-state index is 12.8. The van der Waals surface area contributed by atoms with Crippen molar-refractivity contribution < 1.29 is 14.3 Å². The van der Waals surface area contributed by atoms with Crippen LogP contribution in [0.1, 0.15) is 23.8 Å². The van der Waals surface area contributed by atoms with Crippen molar-refractivity contribution in [2.75, 3.05) is 32.1 Å². The van der Waals surface area contributed by atoms with E-state index in [0.717, 1.165) is 19.5 Å². The van der Waals surface area contributed by atoms with Crippen molar-refractivity contribution in [1.29, 1.82) is 0 Å². The molecule has 0 unspecified atom stereocenters. The Labute approximate surface area is 166 Å². The fraction of sp³-hybridized carbons (Fsp3) is 0.368. The highest BCUT2D eigenvalue weighted by molar-refractivity contribution is 5.99. The van der Waals surface area contributed by atoms with Gasteiger partial charge in [-0.1, -0.05) is 12.1 Å². The van der Waals surface area contributed by atoms with E-state index in [1.807, 2.05) is 0 Å². The van der Waals surface area contributed by atoms with Gasteiger partial charge in [0.1, 0.15) is 11.3 Å². The molecule has 3 aromatic rings. The van der Waals surface area contributed by atoms with Crippen molar-refractivity contribution in [2.24, 2.45) is 0 Å². The lowest BCUT2D eigenvalue weighted by Crippen LogP contribution is -2.24. The van der Waals surface area contributed by atoms with Crippen LogP contribution in [-0.2, 0) is 4.74 Å². The maximum absolute atomic E-state index is 12.8. The van der Waals surface area contributed by atoms with Crippen molar-refractivity contribution in [2.45, 2.75) is 19.4 Å². The van der Waals surface area contributed by atoms with Crippen LogP contribution in [0.2, 0.25) is 0 Å². The molecular formula is C19H22N6O4. The second kappa shape index (κ2) is 7.92. The lowest BCUT2D eigenvalue weighted by atomic mass is 10.2. The predicted molar refractivity (Wildman–Crippen MR) is 107 cm³/mol. The Morgan fingerprint density at radius 2 is 2.17 bits per heavy atom. The van der Waals surface area contributed by atoms with Gasteiger partial charge < -0.3 is 25.1 Å². The smallest absolute Gasteiger partial charge is 0.359 e. The van der Waals surface area contributed by atoms with E-state index in [1.165, 1.54) is 11.7 Å². The third-order valence-electron chi connectivity index (χ3n) is 4.73. The highest BCUT2D eigenvalue weighted by Gasteiger charge is 2.24. The van der Waals surface area contributed by atoms with Gasteiger partial charge in [-0.25, -0.2) is 19.1 Å². The predicted octanol–water partition coefficient (Wildman–Crippen LogP) is 1.07. The molecule has 1 aliphatic rings. The highest BCUT2D eigenvalue weighted by atomic mass is 16.5. The number of aromatic nitrogens is 4. The van der Waals surface area contributed by atoms with Gasteiger partial charge in [0.2, 0.25) is 5.95 Å². The molecule has 0 bridgehead atoms. The number of methoxy groups -OCH3 is 1. The van der Waals surface area contributed by atoms with Crippen LogP contribution in [0, 0.1) is 0 Å². The van der Waals surface area contributed by atoms with E-state index in [2.05, 4.69) is 25.6 Å². The Kier molecular flexibility index (Phi) is 5.17. The number of imidazole rings is 1. The molecule has 0 radical (unpaired) electrons. The molecule has 0 saturated carbocycles. The number of anilines is 1. The SMILES string of the molecule is CCOC(=O)c1nc(N[C@H]2CCNC2)nc2c1[nH]c(=O)n2-c1ccccc1OC. The molecule has 2 aromatic heterocycles. The Morgan fingerprint density at radius 1 is 1.34 bits per heavy atom. The summed E-state index contributed by atoms with van der Waals surface area (Å²) in [6.07, 6.45) is 0.905. The summed E-state index contributed by atoms with van der Waals surface area (Å²) in [5.41, 5.74) is 0.550. The summed E-state index contributed by atoms with van der Waals surface area (Å²) in [7, 11) is 1.53. The van der Waals surface area contributed by atoms with Gasteiger partial charge in [-0.2, -0.15) is 4.98 Å². The first-order valence-corrected chi connectivity index (χ1v) is 9.43. The van der Waals surface area contributed by atoms with E-state index in [1.54, 1.807) is 31.2 Å². The van der Waals surface area contributed by atoms with E-state index >= 15 is 0 Å². The molecule has 10 heteroatoms. The molecule has 10 nitrogen and oxygen atoms in total. The monoisotopic (exact) mass is 398 g/mol. The van der Waals surface area contributed by atoms with E-state index in [0.29, 0.717) is 11.4 Å². The van der Waals surface area contributed by atoms with Gasteiger partial charge in [-0.15, -0.1) is 0 Å². The summed E-state index contributed by atoms with van der Waals surface area (Å²) in [6.45, 7) is 3.56. The fourth-order valence-electron chi connectivity index (χ4n) is 3.39. The summed E-state index contributed by atoms with van der Waals surface area (Å²) >= 11 is 0. The van der Waals surface area contributed by atoms with Gasteiger partial charge in [0, 0.05) is 12.6 Å². The number of hydrogen-bond donors (Lipinski definition) is 3. The van der Waals surface area contributed by atoms with Crippen molar-refractivity contribution in [3.8, 4) is 11.4 Å². The van der Waals surface area contributed by atoms with Gasteiger partial charge >= 0.3 is 11.7 Å². The van der Waals surface area contributed by atoms with E-state index in [9.17, 15) is 9.59 Å². The standard InChI is InChI=1S/C19H22N6O4/c1-3-29-17(26)15-14-16(24-18(22-15)21-11-8-9-20-10-11)25(19(27)23-14)12-6-4-5-7-13(12)28-2/h4-7,11,20H,3,8-10H2,1-2H3,(H,23,27)(H,21,22,24)/t11-/m0/s1. The average Bonchev–Trinajstić information content (AvgIpc) is 3.34. The first kappa shape index (κ1) is 18.9. The molecule has 1 fully saturated rings. The Bertz CT molecular complexity index is 1100. The number of benzene rings is 1. The van der Waals surface area contributed by atoms with Crippen LogP contribution in [0.15, 0.2) is 29.1 Å². The number of ether oxygens (including phenoxy) is 2. The van der Waals surface area contributed by atoms with Crippen LogP contribution >= 0.6 is 0 Å². The minimum atomic E-state index is -0.624. The molecule has 29 heavy (non-hydrogen) atoms. The Hall–Kier alpha value is -3.40. The number of nitrogens with zero attached hydrogens (tertiary/aromatic N) is 3. The van der Waals surface area contributed by atoms with Crippen LogP contribution in [0.25, 0.3) is 16.9 Å².